The summed E-state index contributed by atoms with van der Waals surface area (Å²) in [6, 6.07) is 5.59. The maximum atomic E-state index is 12.2. The van der Waals surface area contributed by atoms with Crippen LogP contribution in [0.25, 0.3) is 0 Å². The Morgan fingerprint density at radius 3 is 2.76 bits per heavy atom. The maximum Gasteiger partial charge on any atom is 0.165 e. The molecule has 1 atom stereocenters. The van der Waals surface area contributed by atoms with Gasteiger partial charge in [-0.1, -0.05) is 6.92 Å². The molecule has 1 aromatic rings. The molecule has 0 saturated heterocycles. The van der Waals surface area contributed by atoms with Crippen LogP contribution in [-0.2, 0) is 0 Å². The van der Waals surface area contributed by atoms with Crippen LogP contribution in [0.3, 0.4) is 0 Å². The zero-order chi connectivity index (χ0) is 12.4. The van der Waals surface area contributed by atoms with Gasteiger partial charge < -0.3 is 4.74 Å². The topological polar surface area (TPSA) is 26.3 Å². The molecule has 1 fully saturated rings. The van der Waals surface area contributed by atoms with Crippen molar-refractivity contribution in [3.63, 3.8) is 0 Å². The molecule has 0 radical (unpaired) electrons. The predicted octanol–water partition coefficient (Wildman–Crippen LogP) is 4.08. The lowest BCUT2D eigenvalue weighted by Gasteiger charge is -2.11. The number of carbonyl (C=O) groups excluding carboxylic acids is 1. The number of rotatable bonds is 5. The monoisotopic (exact) mass is 296 g/mol. The van der Waals surface area contributed by atoms with Crippen LogP contribution >= 0.6 is 15.9 Å². The first kappa shape index (κ1) is 12.6. The van der Waals surface area contributed by atoms with Gasteiger partial charge in [0, 0.05) is 11.5 Å². The van der Waals surface area contributed by atoms with Gasteiger partial charge in [-0.05, 0) is 59.8 Å². The highest BCUT2D eigenvalue weighted by atomic mass is 79.9. The van der Waals surface area contributed by atoms with Gasteiger partial charge in [0.1, 0.15) is 5.75 Å². The Hall–Kier alpha value is -0.830. The molecule has 17 heavy (non-hydrogen) atoms. The molecule has 1 aromatic carbocycles. The van der Waals surface area contributed by atoms with Crippen LogP contribution in [0.1, 0.15) is 37.0 Å². The number of carbonyl (C=O) groups is 1. The molecule has 1 unspecified atom stereocenters. The Balaban J connectivity index is 2.15. The lowest BCUT2D eigenvalue weighted by atomic mass is 9.95. The van der Waals surface area contributed by atoms with E-state index in [1.807, 2.05) is 32.0 Å². The number of halogens is 1. The van der Waals surface area contributed by atoms with Crippen molar-refractivity contribution in [2.24, 2.45) is 11.8 Å². The minimum Gasteiger partial charge on any atom is -0.493 e. The summed E-state index contributed by atoms with van der Waals surface area (Å²) in [7, 11) is 0. The molecule has 0 spiro atoms. The first-order chi connectivity index (χ1) is 8.13. The zero-order valence-corrected chi connectivity index (χ0v) is 11.8. The molecule has 0 amide bonds. The summed E-state index contributed by atoms with van der Waals surface area (Å²) in [5, 5.41) is 0. The minimum atomic E-state index is 0.153. The number of hydrogen-bond donors (Lipinski definition) is 0. The van der Waals surface area contributed by atoms with Gasteiger partial charge in [-0.3, -0.25) is 4.79 Å². The molecule has 92 valence electrons. The first-order valence-electron chi connectivity index (χ1n) is 6.10. The number of ketones is 1. The Labute approximate surface area is 110 Å². The van der Waals surface area contributed by atoms with Gasteiger partial charge in [-0.2, -0.15) is 0 Å². The quantitative estimate of drug-likeness (QED) is 0.766. The third-order valence-electron chi connectivity index (χ3n) is 3.26. The van der Waals surface area contributed by atoms with E-state index in [0.29, 0.717) is 12.5 Å². The lowest BCUT2D eigenvalue weighted by molar-refractivity contribution is 0.0916. The van der Waals surface area contributed by atoms with Gasteiger partial charge in [0.2, 0.25) is 0 Å². The normalized spacial score (nSPS) is 16.6. The highest BCUT2D eigenvalue weighted by Crippen LogP contribution is 2.38. The average molecular weight is 297 g/mol. The fourth-order valence-corrected chi connectivity index (χ4v) is 2.49. The van der Waals surface area contributed by atoms with Crippen molar-refractivity contribution in [2.75, 3.05) is 6.61 Å². The zero-order valence-electron chi connectivity index (χ0n) is 10.2. The van der Waals surface area contributed by atoms with Crippen molar-refractivity contribution < 1.29 is 9.53 Å². The van der Waals surface area contributed by atoms with Gasteiger partial charge in [-0.15, -0.1) is 0 Å². The van der Waals surface area contributed by atoms with Crippen LogP contribution in [0.15, 0.2) is 22.7 Å². The fraction of sp³-hybridized carbons (Fsp3) is 0.500. The van der Waals surface area contributed by atoms with Crippen molar-refractivity contribution in [3.8, 4) is 5.75 Å². The van der Waals surface area contributed by atoms with E-state index >= 15 is 0 Å². The molecule has 3 heteroatoms. The van der Waals surface area contributed by atoms with Crippen LogP contribution in [0.4, 0.5) is 0 Å². The van der Waals surface area contributed by atoms with Crippen molar-refractivity contribution in [1.82, 2.24) is 0 Å². The third-order valence-corrected chi connectivity index (χ3v) is 3.88. The van der Waals surface area contributed by atoms with E-state index in [1.54, 1.807) is 0 Å². The third kappa shape index (κ3) is 2.89. The number of hydrogen-bond acceptors (Lipinski definition) is 2. The van der Waals surface area contributed by atoms with Gasteiger partial charge in [0.05, 0.1) is 11.1 Å². The molecule has 2 rings (SSSR count). The number of ether oxygens (including phenoxy) is 1. The van der Waals surface area contributed by atoms with Crippen molar-refractivity contribution in [2.45, 2.75) is 26.7 Å². The van der Waals surface area contributed by atoms with Crippen LogP contribution in [0.5, 0.6) is 5.75 Å². The maximum absolute atomic E-state index is 12.2. The molecule has 0 heterocycles. The second-order valence-electron chi connectivity index (χ2n) is 4.57. The van der Waals surface area contributed by atoms with Crippen LogP contribution in [0, 0.1) is 11.8 Å². The van der Waals surface area contributed by atoms with Gasteiger partial charge in [0.25, 0.3) is 0 Å². The second kappa shape index (κ2) is 5.21. The minimum absolute atomic E-state index is 0.153. The molecular weight excluding hydrogens is 280 g/mol. The number of Topliss-reactive ketones (excluding diaryl/α,β-unsaturated/α-hetero) is 1. The van der Waals surface area contributed by atoms with E-state index in [1.165, 1.54) is 12.8 Å². The smallest absolute Gasteiger partial charge is 0.165 e. The fourth-order valence-electron chi connectivity index (χ4n) is 2.00. The SMILES string of the molecule is CCOc1ccc(C(=O)C(C)C2CC2)cc1Br. The van der Waals surface area contributed by atoms with E-state index in [0.717, 1.165) is 15.8 Å². The molecule has 0 aromatic heterocycles. The van der Waals surface area contributed by atoms with E-state index < -0.39 is 0 Å². The molecule has 1 saturated carbocycles. The van der Waals surface area contributed by atoms with Crippen LogP contribution in [-0.4, -0.2) is 12.4 Å². The Morgan fingerprint density at radius 1 is 1.53 bits per heavy atom. The average Bonchev–Trinajstić information content (AvgIpc) is 3.14. The van der Waals surface area contributed by atoms with E-state index in [4.69, 9.17) is 4.74 Å². The van der Waals surface area contributed by atoms with E-state index in [-0.39, 0.29) is 11.7 Å². The summed E-state index contributed by atoms with van der Waals surface area (Å²) in [6.07, 6.45) is 2.40. The lowest BCUT2D eigenvalue weighted by Crippen LogP contribution is -2.13. The summed E-state index contributed by atoms with van der Waals surface area (Å²) < 4.78 is 6.29. The Morgan fingerprint density at radius 2 is 2.24 bits per heavy atom. The summed E-state index contributed by atoms with van der Waals surface area (Å²) >= 11 is 3.44. The largest absolute Gasteiger partial charge is 0.493 e. The standard InChI is InChI=1S/C14H17BrO2/c1-3-17-13-7-6-11(8-12(13)15)14(16)9(2)10-4-5-10/h6-10H,3-5H2,1-2H3. The van der Waals surface area contributed by atoms with Crippen molar-refractivity contribution in [1.29, 1.82) is 0 Å². The van der Waals surface area contributed by atoms with Crippen molar-refractivity contribution in [3.05, 3.63) is 28.2 Å². The molecule has 0 N–H and O–H groups in total. The summed E-state index contributed by atoms with van der Waals surface area (Å²) in [5.41, 5.74) is 0.778. The Kier molecular flexibility index (Phi) is 3.87. The number of benzene rings is 1. The summed E-state index contributed by atoms with van der Waals surface area (Å²) in [4.78, 5) is 12.2. The van der Waals surface area contributed by atoms with Gasteiger partial charge in [-0.25, -0.2) is 0 Å². The van der Waals surface area contributed by atoms with E-state index in [9.17, 15) is 4.79 Å². The molecular formula is C14H17BrO2. The van der Waals surface area contributed by atoms with Crippen LogP contribution in [0.2, 0.25) is 0 Å². The highest BCUT2D eigenvalue weighted by Gasteiger charge is 2.33. The highest BCUT2D eigenvalue weighted by molar-refractivity contribution is 9.10. The Bertz CT molecular complexity index is 424. The van der Waals surface area contributed by atoms with Crippen LogP contribution < -0.4 is 4.74 Å². The van der Waals surface area contributed by atoms with Gasteiger partial charge >= 0.3 is 0 Å². The first-order valence-corrected chi connectivity index (χ1v) is 6.89. The molecule has 1 aliphatic carbocycles. The predicted molar refractivity (Wildman–Crippen MR) is 71.5 cm³/mol. The van der Waals surface area contributed by atoms with Crippen molar-refractivity contribution >= 4 is 21.7 Å². The summed E-state index contributed by atoms with van der Waals surface area (Å²) in [5.74, 6) is 1.80. The summed E-state index contributed by atoms with van der Waals surface area (Å²) in [6.45, 7) is 4.61. The molecule has 2 nitrogen and oxygen atoms in total. The molecule has 1 aliphatic rings. The molecule has 0 aliphatic heterocycles. The molecule has 0 bridgehead atoms. The van der Waals surface area contributed by atoms with Gasteiger partial charge in [0.15, 0.2) is 5.78 Å². The van der Waals surface area contributed by atoms with E-state index in [2.05, 4.69) is 15.9 Å². The second-order valence-corrected chi connectivity index (χ2v) is 5.42.